The average Bonchev–Trinajstić information content (AvgIpc) is 2.51. The molecular weight excluding hydrogens is 354 g/mol. The fourth-order valence-corrected chi connectivity index (χ4v) is 1.96. The van der Waals surface area contributed by atoms with E-state index in [1.54, 1.807) is 12.1 Å². The molecule has 0 radical (unpaired) electrons. The number of non-ortho nitro benzene ring substituents is 1. The van der Waals surface area contributed by atoms with Crippen molar-refractivity contribution in [3.05, 3.63) is 68.2 Å². The van der Waals surface area contributed by atoms with Crippen molar-refractivity contribution in [2.45, 2.75) is 0 Å². The highest BCUT2D eigenvalue weighted by Crippen LogP contribution is 2.23. The quantitative estimate of drug-likeness (QED) is 0.494. The second kappa shape index (κ2) is 6.81. The van der Waals surface area contributed by atoms with Crippen LogP contribution in [0.1, 0.15) is 15.9 Å². The molecule has 0 aliphatic rings. The van der Waals surface area contributed by atoms with Crippen LogP contribution in [-0.2, 0) is 0 Å². The molecule has 2 rings (SSSR count). The third-order valence-electron chi connectivity index (χ3n) is 2.69. The number of benzene rings is 2. The zero-order valence-electron chi connectivity index (χ0n) is 11.1. The Morgan fingerprint density at radius 1 is 1.27 bits per heavy atom. The van der Waals surface area contributed by atoms with Gasteiger partial charge in [0.25, 0.3) is 11.6 Å². The molecule has 0 saturated carbocycles. The van der Waals surface area contributed by atoms with Gasteiger partial charge in [-0.25, -0.2) is 5.43 Å². The Kier molecular flexibility index (Phi) is 4.84. The number of nitro groups is 1. The van der Waals surface area contributed by atoms with Gasteiger partial charge in [-0.15, -0.1) is 0 Å². The van der Waals surface area contributed by atoms with Crippen LogP contribution in [0, 0.1) is 10.1 Å². The van der Waals surface area contributed by atoms with Gasteiger partial charge in [0.1, 0.15) is 5.75 Å². The highest BCUT2D eigenvalue weighted by atomic mass is 79.9. The summed E-state index contributed by atoms with van der Waals surface area (Å²) in [5.74, 6) is -0.379. The van der Waals surface area contributed by atoms with Gasteiger partial charge in [-0.1, -0.05) is 0 Å². The lowest BCUT2D eigenvalue weighted by molar-refractivity contribution is -0.384. The van der Waals surface area contributed by atoms with Crippen molar-refractivity contribution in [2.75, 3.05) is 0 Å². The van der Waals surface area contributed by atoms with E-state index in [-0.39, 0.29) is 17.0 Å². The maximum atomic E-state index is 11.8. The summed E-state index contributed by atoms with van der Waals surface area (Å²) in [5, 5.41) is 23.7. The molecule has 0 unspecified atom stereocenters. The Labute approximate surface area is 133 Å². The van der Waals surface area contributed by atoms with Crippen LogP contribution in [-0.4, -0.2) is 22.2 Å². The van der Waals surface area contributed by atoms with Gasteiger partial charge in [0.05, 0.1) is 15.6 Å². The van der Waals surface area contributed by atoms with Gasteiger partial charge in [0.15, 0.2) is 0 Å². The van der Waals surface area contributed by atoms with Gasteiger partial charge in [0.2, 0.25) is 0 Å². The number of rotatable bonds is 4. The molecule has 0 aromatic heterocycles. The Balaban J connectivity index is 2.01. The van der Waals surface area contributed by atoms with E-state index in [0.29, 0.717) is 10.0 Å². The highest BCUT2D eigenvalue weighted by molar-refractivity contribution is 9.10. The molecule has 0 aliphatic carbocycles. The van der Waals surface area contributed by atoms with Crippen molar-refractivity contribution in [2.24, 2.45) is 5.10 Å². The van der Waals surface area contributed by atoms with Crippen LogP contribution in [0.4, 0.5) is 5.69 Å². The number of nitrogens with zero attached hydrogens (tertiary/aromatic N) is 2. The van der Waals surface area contributed by atoms with E-state index < -0.39 is 10.8 Å². The van der Waals surface area contributed by atoms with E-state index in [1.807, 2.05) is 0 Å². The number of carbonyl (C=O) groups is 1. The minimum Gasteiger partial charge on any atom is -0.507 e. The van der Waals surface area contributed by atoms with E-state index in [9.17, 15) is 20.0 Å². The monoisotopic (exact) mass is 363 g/mol. The first kappa shape index (κ1) is 15.6. The summed E-state index contributed by atoms with van der Waals surface area (Å²) >= 11 is 3.17. The molecule has 0 heterocycles. The van der Waals surface area contributed by atoms with Crippen molar-refractivity contribution >= 4 is 33.7 Å². The summed E-state index contributed by atoms with van der Waals surface area (Å²) < 4.78 is 0.512. The van der Waals surface area contributed by atoms with Crippen LogP contribution in [0.5, 0.6) is 5.75 Å². The van der Waals surface area contributed by atoms with Gasteiger partial charge in [-0.2, -0.15) is 5.10 Å². The van der Waals surface area contributed by atoms with Crippen LogP contribution in [0.15, 0.2) is 52.0 Å². The second-order valence-electron chi connectivity index (χ2n) is 4.21. The molecule has 8 heteroatoms. The number of halogens is 1. The smallest absolute Gasteiger partial charge is 0.271 e. The first-order valence-corrected chi connectivity index (χ1v) is 6.83. The SMILES string of the molecule is O=C(N/N=C/c1ccc(O)c(Br)c1)c1ccc([N+](=O)[O-])cc1. The van der Waals surface area contributed by atoms with E-state index in [4.69, 9.17) is 0 Å². The standard InChI is InChI=1S/C14H10BrN3O4/c15-12-7-9(1-6-13(12)19)8-16-17-14(20)10-2-4-11(5-3-10)18(21)22/h1-8,19H,(H,17,20)/b16-8+. The largest absolute Gasteiger partial charge is 0.507 e. The minimum atomic E-state index is -0.539. The number of amides is 1. The summed E-state index contributed by atoms with van der Waals surface area (Å²) in [6, 6.07) is 9.94. The number of hydrogen-bond donors (Lipinski definition) is 2. The molecule has 0 fully saturated rings. The first-order valence-electron chi connectivity index (χ1n) is 6.04. The third kappa shape index (κ3) is 3.89. The van der Waals surface area contributed by atoms with Crippen LogP contribution >= 0.6 is 15.9 Å². The van der Waals surface area contributed by atoms with E-state index in [2.05, 4.69) is 26.5 Å². The van der Waals surface area contributed by atoms with Crippen molar-refractivity contribution in [3.8, 4) is 5.75 Å². The fourth-order valence-electron chi connectivity index (χ4n) is 1.57. The van der Waals surface area contributed by atoms with Crippen LogP contribution < -0.4 is 5.43 Å². The molecule has 0 aliphatic heterocycles. The van der Waals surface area contributed by atoms with Gasteiger partial charge >= 0.3 is 0 Å². The number of phenolic OH excluding ortho intramolecular Hbond substituents is 1. The summed E-state index contributed by atoms with van der Waals surface area (Å²) in [4.78, 5) is 21.8. The van der Waals surface area contributed by atoms with E-state index in [0.717, 1.165) is 0 Å². The molecule has 0 saturated heterocycles. The minimum absolute atomic E-state index is 0.0889. The Bertz CT molecular complexity index is 744. The molecule has 0 bridgehead atoms. The van der Waals surface area contributed by atoms with Gasteiger partial charge in [-0.3, -0.25) is 14.9 Å². The van der Waals surface area contributed by atoms with E-state index in [1.165, 1.54) is 36.5 Å². The molecule has 2 aromatic carbocycles. The third-order valence-corrected chi connectivity index (χ3v) is 3.33. The highest BCUT2D eigenvalue weighted by Gasteiger charge is 2.08. The zero-order chi connectivity index (χ0) is 16.1. The summed E-state index contributed by atoms with van der Waals surface area (Å²) in [6.07, 6.45) is 1.41. The second-order valence-corrected chi connectivity index (χ2v) is 5.07. The number of phenols is 1. The molecule has 2 N–H and O–H groups in total. The predicted octanol–water partition coefficient (Wildman–Crippen LogP) is 2.83. The summed E-state index contributed by atoms with van der Waals surface area (Å²) in [7, 11) is 0. The Morgan fingerprint density at radius 3 is 2.55 bits per heavy atom. The normalized spacial score (nSPS) is 10.6. The van der Waals surface area contributed by atoms with E-state index >= 15 is 0 Å². The van der Waals surface area contributed by atoms with Gasteiger partial charge in [-0.05, 0) is 51.8 Å². The maximum Gasteiger partial charge on any atom is 0.271 e. The summed E-state index contributed by atoms with van der Waals surface area (Å²) in [6.45, 7) is 0. The molecule has 22 heavy (non-hydrogen) atoms. The predicted molar refractivity (Wildman–Crippen MR) is 84.0 cm³/mol. The first-order chi connectivity index (χ1) is 10.5. The number of nitro benzene ring substituents is 1. The molecule has 0 spiro atoms. The number of hydrazone groups is 1. The fraction of sp³-hybridized carbons (Fsp3) is 0. The van der Waals surface area contributed by atoms with Gasteiger partial charge < -0.3 is 5.11 Å². The lowest BCUT2D eigenvalue weighted by atomic mass is 10.2. The maximum absolute atomic E-state index is 11.8. The Morgan fingerprint density at radius 2 is 1.95 bits per heavy atom. The molecular formula is C14H10BrN3O4. The topological polar surface area (TPSA) is 105 Å². The summed E-state index contributed by atoms with van der Waals surface area (Å²) in [5.41, 5.74) is 3.16. The Hall–Kier alpha value is -2.74. The van der Waals surface area contributed by atoms with Crippen LogP contribution in [0.3, 0.4) is 0 Å². The number of hydrogen-bond acceptors (Lipinski definition) is 5. The van der Waals surface area contributed by atoms with Crippen LogP contribution in [0.25, 0.3) is 0 Å². The average molecular weight is 364 g/mol. The number of aromatic hydroxyl groups is 1. The molecule has 7 nitrogen and oxygen atoms in total. The molecule has 0 atom stereocenters. The number of carbonyl (C=O) groups excluding carboxylic acids is 1. The molecule has 2 aromatic rings. The van der Waals surface area contributed by atoms with Crippen molar-refractivity contribution in [3.63, 3.8) is 0 Å². The zero-order valence-corrected chi connectivity index (χ0v) is 12.6. The van der Waals surface area contributed by atoms with Crippen molar-refractivity contribution in [1.82, 2.24) is 5.43 Å². The van der Waals surface area contributed by atoms with Crippen LogP contribution in [0.2, 0.25) is 0 Å². The van der Waals surface area contributed by atoms with Crippen molar-refractivity contribution in [1.29, 1.82) is 0 Å². The molecule has 1 amide bonds. The lowest BCUT2D eigenvalue weighted by Crippen LogP contribution is -2.17. The van der Waals surface area contributed by atoms with Gasteiger partial charge in [0, 0.05) is 17.7 Å². The molecule has 112 valence electrons. The lowest BCUT2D eigenvalue weighted by Gasteiger charge is -2.00. The number of nitrogens with one attached hydrogen (secondary N) is 1. The van der Waals surface area contributed by atoms with Crippen molar-refractivity contribution < 1.29 is 14.8 Å².